The van der Waals surface area contributed by atoms with Crippen molar-refractivity contribution in [1.82, 2.24) is 0 Å². The molecule has 0 aliphatic heterocycles. The molecule has 0 N–H and O–H groups in total. The fourth-order valence-corrected chi connectivity index (χ4v) is 1.45. The van der Waals surface area contributed by atoms with Gasteiger partial charge in [0.2, 0.25) is 0 Å². The summed E-state index contributed by atoms with van der Waals surface area (Å²) in [4.78, 5) is 15.4. The molecule has 1 saturated carbocycles. The number of Topliss-reactive ketones (excluding diaryl/α,β-unsaturated/α-hetero) is 1. The maximum absolute atomic E-state index is 11.1. The molecule has 1 aliphatic carbocycles. The van der Waals surface area contributed by atoms with Crippen LogP contribution in [-0.2, 0) is 4.79 Å². The first kappa shape index (κ1) is 14.1. The van der Waals surface area contributed by atoms with E-state index in [9.17, 15) is 4.79 Å². The van der Waals surface area contributed by atoms with Crippen molar-refractivity contribution in [2.75, 3.05) is 0 Å². The molecule has 0 aromatic rings. The summed E-state index contributed by atoms with van der Waals surface area (Å²) in [7, 11) is 0. The molecule has 0 heterocycles. The van der Waals surface area contributed by atoms with Crippen molar-refractivity contribution >= 4 is 11.5 Å². The molecule has 0 radical (unpaired) electrons. The highest BCUT2D eigenvalue weighted by molar-refractivity contribution is 5.97. The van der Waals surface area contributed by atoms with Gasteiger partial charge in [-0.25, -0.2) is 0 Å². The molecule has 0 amide bonds. The van der Waals surface area contributed by atoms with E-state index in [0.29, 0.717) is 11.6 Å². The van der Waals surface area contributed by atoms with E-state index in [2.05, 4.69) is 4.99 Å². The Balaban J connectivity index is 0.000000921. The summed E-state index contributed by atoms with van der Waals surface area (Å²) in [5, 5.41) is 0. The van der Waals surface area contributed by atoms with E-state index >= 15 is 0 Å². The summed E-state index contributed by atoms with van der Waals surface area (Å²) in [5.74, 6) is 0.690. The van der Waals surface area contributed by atoms with Crippen LogP contribution >= 0.6 is 0 Å². The molecule has 2 nitrogen and oxygen atoms in total. The van der Waals surface area contributed by atoms with Gasteiger partial charge in [0.05, 0.1) is 0 Å². The predicted molar refractivity (Wildman–Crippen MR) is 66.2 cm³/mol. The zero-order valence-electron chi connectivity index (χ0n) is 10.6. The first-order chi connectivity index (χ1) is 7.15. The van der Waals surface area contributed by atoms with Crippen molar-refractivity contribution in [3.05, 3.63) is 11.8 Å². The maximum Gasteiger partial charge on any atom is 0.177 e. The Labute approximate surface area is 93.5 Å². The number of hydrogen-bond acceptors (Lipinski definition) is 2. The quantitative estimate of drug-likeness (QED) is 0.514. The number of aliphatic imine (C=N–C) groups is 1. The summed E-state index contributed by atoms with van der Waals surface area (Å²) in [5.41, 5.74) is 1.72. The molecule has 1 rings (SSSR count). The SMILES string of the molecule is C/C=C(\N=C(C)C1CCC1)C(C)=O.CC. The van der Waals surface area contributed by atoms with Gasteiger partial charge in [0.15, 0.2) is 5.78 Å². The zero-order chi connectivity index (χ0) is 11.8. The van der Waals surface area contributed by atoms with Crippen LogP contribution in [0.25, 0.3) is 0 Å². The second-order valence-electron chi connectivity index (χ2n) is 3.61. The third kappa shape index (κ3) is 4.41. The van der Waals surface area contributed by atoms with Crippen LogP contribution < -0.4 is 0 Å². The molecule has 86 valence electrons. The monoisotopic (exact) mass is 209 g/mol. The van der Waals surface area contributed by atoms with Gasteiger partial charge >= 0.3 is 0 Å². The molecule has 2 heteroatoms. The van der Waals surface area contributed by atoms with Crippen LogP contribution in [0.3, 0.4) is 0 Å². The molecule has 0 bridgehead atoms. The van der Waals surface area contributed by atoms with Crippen LogP contribution in [0, 0.1) is 5.92 Å². The third-order valence-corrected chi connectivity index (χ3v) is 2.63. The van der Waals surface area contributed by atoms with Crippen molar-refractivity contribution in [2.24, 2.45) is 10.9 Å². The third-order valence-electron chi connectivity index (χ3n) is 2.63. The molecule has 0 aromatic carbocycles. The molecule has 0 spiro atoms. The number of hydrogen-bond donors (Lipinski definition) is 0. The molecule has 0 atom stereocenters. The average Bonchev–Trinajstić information content (AvgIpc) is 2.14. The zero-order valence-corrected chi connectivity index (χ0v) is 10.6. The molecule has 0 saturated heterocycles. The van der Waals surface area contributed by atoms with E-state index < -0.39 is 0 Å². The molecule has 1 fully saturated rings. The summed E-state index contributed by atoms with van der Waals surface area (Å²) in [6.07, 6.45) is 5.57. The molecule has 1 aliphatic rings. The number of allylic oxidation sites excluding steroid dienone is 2. The number of ketones is 1. The van der Waals surface area contributed by atoms with Gasteiger partial charge < -0.3 is 0 Å². The van der Waals surface area contributed by atoms with Gasteiger partial charge in [0, 0.05) is 12.6 Å². The lowest BCUT2D eigenvalue weighted by Gasteiger charge is -2.25. The van der Waals surface area contributed by atoms with Crippen molar-refractivity contribution in [2.45, 2.75) is 53.9 Å². The largest absolute Gasteiger partial charge is 0.293 e. The normalized spacial score (nSPS) is 17.7. The van der Waals surface area contributed by atoms with E-state index in [-0.39, 0.29) is 5.78 Å². The van der Waals surface area contributed by atoms with Crippen molar-refractivity contribution in [1.29, 1.82) is 0 Å². The minimum absolute atomic E-state index is 0.0566. The van der Waals surface area contributed by atoms with Crippen molar-refractivity contribution in [3.8, 4) is 0 Å². The molecular weight excluding hydrogens is 186 g/mol. The summed E-state index contributed by atoms with van der Waals surface area (Å²) in [6, 6.07) is 0. The molecule has 0 aromatic heterocycles. The topological polar surface area (TPSA) is 29.4 Å². The summed E-state index contributed by atoms with van der Waals surface area (Å²) < 4.78 is 0. The lowest BCUT2D eigenvalue weighted by molar-refractivity contribution is -0.113. The van der Waals surface area contributed by atoms with Crippen LogP contribution in [0.15, 0.2) is 16.8 Å². The van der Waals surface area contributed by atoms with Gasteiger partial charge in [0.1, 0.15) is 5.70 Å². The highest BCUT2D eigenvalue weighted by Gasteiger charge is 2.20. The smallest absolute Gasteiger partial charge is 0.177 e. The van der Waals surface area contributed by atoms with E-state index in [4.69, 9.17) is 0 Å². The van der Waals surface area contributed by atoms with Gasteiger partial charge in [-0.3, -0.25) is 9.79 Å². The summed E-state index contributed by atoms with van der Waals surface area (Å²) >= 11 is 0. The fraction of sp³-hybridized carbons (Fsp3) is 0.692. The lowest BCUT2D eigenvalue weighted by Crippen LogP contribution is -2.19. The lowest BCUT2D eigenvalue weighted by atomic mass is 9.82. The van der Waals surface area contributed by atoms with Gasteiger partial charge in [-0.2, -0.15) is 0 Å². The Bertz CT molecular complexity index is 260. The number of carbonyl (C=O) groups excluding carboxylic acids is 1. The second-order valence-corrected chi connectivity index (χ2v) is 3.61. The van der Waals surface area contributed by atoms with Gasteiger partial charge in [-0.05, 0) is 32.6 Å². The van der Waals surface area contributed by atoms with Crippen LogP contribution in [0.2, 0.25) is 0 Å². The Morgan fingerprint density at radius 1 is 1.27 bits per heavy atom. The van der Waals surface area contributed by atoms with Crippen LogP contribution in [0.1, 0.15) is 53.9 Å². The Hall–Kier alpha value is -0.920. The number of carbonyl (C=O) groups is 1. The highest BCUT2D eigenvalue weighted by Crippen LogP contribution is 2.28. The number of rotatable bonds is 3. The van der Waals surface area contributed by atoms with Crippen LogP contribution in [-0.4, -0.2) is 11.5 Å². The van der Waals surface area contributed by atoms with Crippen molar-refractivity contribution in [3.63, 3.8) is 0 Å². The second kappa shape index (κ2) is 7.38. The predicted octanol–water partition coefficient (Wildman–Crippen LogP) is 3.77. The standard InChI is InChI=1S/C11H17NO.C2H6/c1-4-11(9(3)13)12-8(2)10-6-5-7-10;1-2/h4,10H,5-7H2,1-3H3;1-2H3/b11-4-,12-8?;. The molecule has 0 unspecified atom stereocenters. The molecule has 15 heavy (non-hydrogen) atoms. The Morgan fingerprint density at radius 3 is 2.07 bits per heavy atom. The van der Waals surface area contributed by atoms with E-state index in [1.165, 1.54) is 19.3 Å². The molecular formula is C13H23NO. The first-order valence-electron chi connectivity index (χ1n) is 5.87. The maximum atomic E-state index is 11.1. The van der Waals surface area contributed by atoms with E-state index in [1.54, 1.807) is 13.0 Å². The average molecular weight is 209 g/mol. The minimum Gasteiger partial charge on any atom is -0.293 e. The Morgan fingerprint density at radius 2 is 1.80 bits per heavy atom. The van der Waals surface area contributed by atoms with Gasteiger partial charge in [-0.1, -0.05) is 26.3 Å². The minimum atomic E-state index is 0.0566. The van der Waals surface area contributed by atoms with Crippen molar-refractivity contribution < 1.29 is 4.79 Å². The Kier molecular flexibility index (Phi) is 6.93. The van der Waals surface area contributed by atoms with Gasteiger partial charge in [-0.15, -0.1) is 0 Å². The van der Waals surface area contributed by atoms with Crippen LogP contribution in [0.4, 0.5) is 0 Å². The first-order valence-corrected chi connectivity index (χ1v) is 5.87. The summed E-state index contributed by atoms with van der Waals surface area (Å²) in [6.45, 7) is 9.44. The highest BCUT2D eigenvalue weighted by atomic mass is 16.1. The van der Waals surface area contributed by atoms with Crippen LogP contribution in [0.5, 0.6) is 0 Å². The van der Waals surface area contributed by atoms with E-state index in [1.807, 2.05) is 27.7 Å². The van der Waals surface area contributed by atoms with E-state index in [0.717, 1.165) is 5.71 Å². The fourth-order valence-electron chi connectivity index (χ4n) is 1.45. The van der Waals surface area contributed by atoms with Gasteiger partial charge in [0.25, 0.3) is 0 Å². The number of nitrogens with zero attached hydrogens (tertiary/aromatic N) is 1.